The van der Waals surface area contributed by atoms with E-state index < -0.39 is 0 Å². The zero-order chi connectivity index (χ0) is 11.4. The normalized spacial score (nSPS) is 20.0. The molecule has 1 aliphatic heterocycles. The zero-order valence-electron chi connectivity index (χ0n) is 9.95. The van der Waals surface area contributed by atoms with Crippen molar-refractivity contribution in [2.75, 3.05) is 23.1 Å². The van der Waals surface area contributed by atoms with Crippen molar-refractivity contribution >= 4 is 29.2 Å². The lowest BCUT2D eigenvalue weighted by Crippen LogP contribution is -2.18. The number of anilines is 1. The van der Waals surface area contributed by atoms with E-state index in [0.717, 1.165) is 5.75 Å². The quantitative estimate of drug-likeness (QED) is 0.877. The molecule has 0 saturated carbocycles. The van der Waals surface area contributed by atoms with Crippen molar-refractivity contribution in [2.24, 2.45) is 0 Å². The topological polar surface area (TPSA) is 12.0 Å². The molecule has 0 radical (unpaired) electrons. The predicted molar refractivity (Wildman–Crippen MR) is 77.8 cm³/mol. The summed E-state index contributed by atoms with van der Waals surface area (Å²) in [5.41, 5.74) is 4.22. The van der Waals surface area contributed by atoms with Gasteiger partial charge in [-0.1, -0.05) is 12.1 Å². The molecule has 0 amide bonds. The Hall–Kier alpha value is -0.280. The van der Waals surface area contributed by atoms with Gasteiger partial charge in [0.05, 0.1) is 0 Å². The number of hydrogen-bond acceptors (Lipinski definition) is 3. The number of hydrogen-bond donors (Lipinski definition) is 1. The van der Waals surface area contributed by atoms with Gasteiger partial charge >= 0.3 is 0 Å². The molecule has 2 rings (SSSR count). The van der Waals surface area contributed by atoms with E-state index in [2.05, 4.69) is 48.5 Å². The second-order valence-electron chi connectivity index (χ2n) is 4.23. The maximum atomic E-state index is 3.68. The first kappa shape index (κ1) is 12.2. The average molecular weight is 253 g/mol. The SMILES string of the molecule is CSCc1cccc(NC2CCSC2)c1C. The van der Waals surface area contributed by atoms with Crippen LogP contribution in [-0.2, 0) is 5.75 Å². The minimum absolute atomic E-state index is 0.674. The summed E-state index contributed by atoms with van der Waals surface area (Å²) in [6.07, 6.45) is 3.46. The Morgan fingerprint density at radius 3 is 3.06 bits per heavy atom. The highest BCUT2D eigenvalue weighted by molar-refractivity contribution is 7.99. The molecule has 1 nitrogen and oxygen atoms in total. The lowest BCUT2D eigenvalue weighted by Gasteiger charge is -2.17. The fourth-order valence-electron chi connectivity index (χ4n) is 2.02. The molecule has 1 atom stereocenters. The summed E-state index contributed by atoms with van der Waals surface area (Å²) < 4.78 is 0. The van der Waals surface area contributed by atoms with Crippen LogP contribution in [0.4, 0.5) is 5.69 Å². The van der Waals surface area contributed by atoms with Gasteiger partial charge in [0.25, 0.3) is 0 Å². The van der Waals surface area contributed by atoms with Crippen LogP contribution in [0.2, 0.25) is 0 Å². The molecule has 1 aromatic carbocycles. The van der Waals surface area contributed by atoms with E-state index in [1.165, 1.54) is 34.7 Å². The van der Waals surface area contributed by atoms with Gasteiger partial charge in [0.2, 0.25) is 0 Å². The fraction of sp³-hybridized carbons (Fsp3) is 0.538. The molecule has 0 aromatic heterocycles. The molecule has 0 bridgehead atoms. The lowest BCUT2D eigenvalue weighted by molar-refractivity contribution is 0.811. The highest BCUT2D eigenvalue weighted by Gasteiger charge is 2.16. The Bertz CT molecular complexity index is 346. The number of nitrogens with one attached hydrogen (secondary N) is 1. The van der Waals surface area contributed by atoms with Gasteiger partial charge < -0.3 is 5.32 Å². The fourth-order valence-corrected chi connectivity index (χ4v) is 3.80. The van der Waals surface area contributed by atoms with Gasteiger partial charge in [-0.05, 0) is 42.5 Å². The van der Waals surface area contributed by atoms with Crippen LogP contribution in [0.15, 0.2) is 18.2 Å². The van der Waals surface area contributed by atoms with E-state index in [1.54, 1.807) is 0 Å². The van der Waals surface area contributed by atoms with Crippen LogP contribution in [0.3, 0.4) is 0 Å². The van der Waals surface area contributed by atoms with Gasteiger partial charge in [-0.15, -0.1) is 0 Å². The second kappa shape index (κ2) is 5.87. The maximum absolute atomic E-state index is 3.68. The Morgan fingerprint density at radius 1 is 1.50 bits per heavy atom. The average Bonchev–Trinajstić information content (AvgIpc) is 2.77. The first-order valence-electron chi connectivity index (χ1n) is 5.73. The summed E-state index contributed by atoms with van der Waals surface area (Å²) in [5, 5.41) is 3.68. The molecule has 16 heavy (non-hydrogen) atoms. The smallest absolute Gasteiger partial charge is 0.0375 e. The molecule has 3 heteroatoms. The van der Waals surface area contributed by atoms with Crippen LogP contribution in [0.25, 0.3) is 0 Å². The molecule has 1 N–H and O–H groups in total. The molecule has 88 valence electrons. The molecule has 1 aliphatic rings. The zero-order valence-corrected chi connectivity index (χ0v) is 11.6. The maximum Gasteiger partial charge on any atom is 0.0375 e. The van der Waals surface area contributed by atoms with E-state index >= 15 is 0 Å². The molecule has 1 saturated heterocycles. The summed E-state index contributed by atoms with van der Waals surface area (Å²) in [6, 6.07) is 7.29. The number of benzene rings is 1. The van der Waals surface area contributed by atoms with Crippen LogP contribution in [0.5, 0.6) is 0 Å². The minimum Gasteiger partial charge on any atom is -0.381 e. The van der Waals surface area contributed by atoms with E-state index in [0.29, 0.717) is 6.04 Å². The third kappa shape index (κ3) is 2.89. The van der Waals surface area contributed by atoms with E-state index in [-0.39, 0.29) is 0 Å². The molecule has 1 fully saturated rings. The van der Waals surface area contributed by atoms with Gasteiger partial charge in [0.15, 0.2) is 0 Å². The van der Waals surface area contributed by atoms with E-state index in [9.17, 15) is 0 Å². The van der Waals surface area contributed by atoms with Crippen LogP contribution < -0.4 is 5.32 Å². The van der Waals surface area contributed by atoms with Gasteiger partial charge in [0.1, 0.15) is 0 Å². The first-order valence-corrected chi connectivity index (χ1v) is 8.28. The van der Waals surface area contributed by atoms with Crippen molar-refractivity contribution in [1.82, 2.24) is 0 Å². The minimum atomic E-state index is 0.674. The standard InChI is InChI=1S/C13H19NS2/c1-10-11(8-15-2)4-3-5-13(10)14-12-6-7-16-9-12/h3-5,12,14H,6-9H2,1-2H3. The molecule has 1 heterocycles. The van der Waals surface area contributed by atoms with Crippen molar-refractivity contribution in [1.29, 1.82) is 0 Å². The van der Waals surface area contributed by atoms with Crippen molar-refractivity contribution in [3.8, 4) is 0 Å². The van der Waals surface area contributed by atoms with E-state index in [1.807, 2.05) is 11.8 Å². The third-order valence-electron chi connectivity index (χ3n) is 3.04. The van der Waals surface area contributed by atoms with Gasteiger partial charge in [-0.25, -0.2) is 0 Å². The Kier molecular flexibility index (Phi) is 4.47. The summed E-state index contributed by atoms with van der Waals surface area (Å²) in [6.45, 7) is 2.23. The molecular weight excluding hydrogens is 234 g/mol. The predicted octanol–water partition coefficient (Wildman–Crippen LogP) is 3.78. The summed E-state index contributed by atoms with van der Waals surface area (Å²) in [4.78, 5) is 0. The lowest BCUT2D eigenvalue weighted by atomic mass is 10.1. The van der Waals surface area contributed by atoms with Crippen molar-refractivity contribution < 1.29 is 0 Å². The monoisotopic (exact) mass is 253 g/mol. The summed E-state index contributed by atoms with van der Waals surface area (Å²) in [5.74, 6) is 3.67. The highest BCUT2D eigenvalue weighted by Crippen LogP contribution is 2.26. The van der Waals surface area contributed by atoms with Crippen LogP contribution in [0, 0.1) is 6.92 Å². The molecular formula is C13H19NS2. The highest BCUT2D eigenvalue weighted by atomic mass is 32.2. The van der Waals surface area contributed by atoms with E-state index in [4.69, 9.17) is 0 Å². The molecule has 1 unspecified atom stereocenters. The molecule has 0 spiro atoms. The number of rotatable bonds is 4. The van der Waals surface area contributed by atoms with Gasteiger partial charge in [0, 0.05) is 23.2 Å². The Labute approximate surface area is 107 Å². The van der Waals surface area contributed by atoms with Gasteiger partial charge in [-0.2, -0.15) is 23.5 Å². The van der Waals surface area contributed by atoms with Gasteiger partial charge in [-0.3, -0.25) is 0 Å². The first-order chi connectivity index (χ1) is 7.81. The van der Waals surface area contributed by atoms with Crippen molar-refractivity contribution in [3.05, 3.63) is 29.3 Å². The third-order valence-corrected chi connectivity index (χ3v) is 4.80. The van der Waals surface area contributed by atoms with Crippen LogP contribution >= 0.6 is 23.5 Å². The van der Waals surface area contributed by atoms with Crippen molar-refractivity contribution in [2.45, 2.75) is 25.1 Å². The Balaban J connectivity index is 2.10. The molecule has 1 aromatic rings. The summed E-state index contributed by atoms with van der Waals surface area (Å²) in [7, 11) is 0. The summed E-state index contributed by atoms with van der Waals surface area (Å²) >= 11 is 3.94. The van der Waals surface area contributed by atoms with Crippen LogP contribution in [0.1, 0.15) is 17.5 Å². The number of thioether (sulfide) groups is 2. The van der Waals surface area contributed by atoms with Crippen LogP contribution in [-0.4, -0.2) is 23.8 Å². The largest absolute Gasteiger partial charge is 0.381 e. The Morgan fingerprint density at radius 2 is 2.38 bits per heavy atom. The van der Waals surface area contributed by atoms with Crippen molar-refractivity contribution in [3.63, 3.8) is 0 Å². The molecule has 0 aliphatic carbocycles. The second-order valence-corrected chi connectivity index (χ2v) is 6.24.